The minimum atomic E-state index is 0. The maximum Gasteiger partial charge on any atom is -0.00533 e. The lowest BCUT2D eigenvalue weighted by Crippen LogP contribution is -2.08. The summed E-state index contributed by atoms with van der Waals surface area (Å²) in [6.45, 7) is 3.26. The van der Waals surface area contributed by atoms with Gasteiger partial charge in [-0.2, -0.15) is 0 Å². The third-order valence-electron chi connectivity index (χ3n) is 0.632. The van der Waals surface area contributed by atoms with Gasteiger partial charge in [-0.05, 0) is 62.9 Å². The predicted octanol–water partition coefficient (Wildman–Crippen LogP) is 2.20. The van der Waals surface area contributed by atoms with Crippen molar-refractivity contribution in [2.45, 2.75) is 21.8 Å². The highest BCUT2D eigenvalue weighted by molar-refractivity contribution is 4.25. The summed E-state index contributed by atoms with van der Waals surface area (Å²) < 4.78 is 0. The molecule has 0 atom stereocenters. The SMILES string of the molecule is C.C.CCN(C)C.CN(C)C.CN(C)C. The van der Waals surface area contributed by atoms with Gasteiger partial charge in [-0.25, -0.2) is 0 Å². The first kappa shape index (κ1) is 29.4. The zero-order valence-corrected chi connectivity index (χ0v) is 11.0. The molecule has 0 aliphatic rings. The minimum absolute atomic E-state index is 0. The molecule has 0 aromatic heterocycles. The first-order valence-electron chi connectivity index (χ1n) is 4.60. The largest absolute Gasteiger partial charge is 0.312 e. The molecule has 0 bridgehead atoms. The van der Waals surface area contributed by atoms with E-state index in [1.807, 2.05) is 52.1 Å². The Morgan fingerprint density at radius 2 is 0.667 bits per heavy atom. The van der Waals surface area contributed by atoms with Gasteiger partial charge in [0.25, 0.3) is 0 Å². The molecule has 0 N–H and O–H groups in total. The molecular weight excluding hydrogens is 186 g/mol. The maximum absolute atomic E-state index is 2.12. The Bertz CT molecular complexity index is 59.8. The van der Waals surface area contributed by atoms with Gasteiger partial charge in [-0.15, -0.1) is 0 Å². The van der Waals surface area contributed by atoms with Gasteiger partial charge in [0.2, 0.25) is 0 Å². The van der Waals surface area contributed by atoms with Crippen molar-refractivity contribution in [3.8, 4) is 0 Å². The third-order valence-corrected chi connectivity index (χ3v) is 0.632. The topological polar surface area (TPSA) is 9.72 Å². The lowest BCUT2D eigenvalue weighted by Gasteiger charge is -2.00. The van der Waals surface area contributed by atoms with Gasteiger partial charge in [0.05, 0.1) is 0 Å². The molecule has 0 aromatic carbocycles. The molecule has 100 valence electrons. The fraction of sp³-hybridized carbons (Fsp3) is 1.00. The Kier molecular flexibility index (Phi) is 46.2. The van der Waals surface area contributed by atoms with Crippen LogP contribution in [-0.4, -0.2) is 77.6 Å². The van der Waals surface area contributed by atoms with Gasteiger partial charge in [-0.3, -0.25) is 0 Å². The molecule has 0 heterocycles. The van der Waals surface area contributed by atoms with E-state index in [4.69, 9.17) is 0 Å². The van der Waals surface area contributed by atoms with Crippen molar-refractivity contribution in [3.05, 3.63) is 0 Å². The fourth-order valence-corrected chi connectivity index (χ4v) is 0. The average molecular weight is 223 g/mol. The van der Waals surface area contributed by atoms with Crippen LogP contribution in [0.15, 0.2) is 0 Å². The Labute approximate surface area is 100 Å². The van der Waals surface area contributed by atoms with Crippen molar-refractivity contribution in [2.24, 2.45) is 0 Å². The minimum Gasteiger partial charge on any atom is -0.312 e. The van der Waals surface area contributed by atoms with Crippen LogP contribution in [0.3, 0.4) is 0 Å². The molecular formula is C12H37N3. The van der Waals surface area contributed by atoms with E-state index >= 15 is 0 Å². The van der Waals surface area contributed by atoms with E-state index in [0.717, 1.165) is 6.54 Å². The fourth-order valence-electron chi connectivity index (χ4n) is 0. The number of hydrogen-bond donors (Lipinski definition) is 0. The molecule has 0 amide bonds. The molecule has 0 aromatic rings. The zero-order chi connectivity index (χ0) is 11.4. The van der Waals surface area contributed by atoms with E-state index in [1.165, 1.54) is 0 Å². The summed E-state index contributed by atoms with van der Waals surface area (Å²) in [6.07, 6.45) is 0. The van der Waals surface area contributed by atoms with Gasteiger partial charge in [-0.1, -0.05) is 21.8 Å². The van der Waals surface area contributed by atoms with Crippen LogP contribution in [0.4, 0.5) is 0 Å². The highest BCUT2D eigenvalue weighted by Gasteiger charge is 1.72. The number of nitrogens with zero attached hydrogens (tertiary/aromatic N) is 3. The lowest BCUT2D eigenvalue weighted by molar-refractivity contribution is 0.434. The van der Waals surface area contributed by atoms with Gasteiger partial charge >= 0.3 is 0 Å². The van der Waals surface area contributed by atoms with E-state index in [9.17, 15) is 0 Å². The lowest BCUT2D eigenvalue weighted by atomic mass is 10.7. The smallest absolute Gasteiger partial charge is 0.00533 e. The first-order chi connectivity index (χ1) is 5.73. The van der Waals surface area contributed by atoms with Crippen LogP contribution in [0.1, 0.15) is 21.8 Å². The zero-order valence-electron chi connectivity index (χ0n) is 11.0. The van der Waals surface area contributed by atoms with Crippen molar-refractivity contribution in [2.75, 3.05) is 62.9 Å². The second-order valence-electron chi connectivity index (χ2n) is 4.08. The van der Waals surface area contributed by atoms with Crippen LogP contribution in [0.25, 0.3) is 0 Å². The molecule has 0 spiro atoms. The van der Waals surface area contributed by atoms with Crippen LogP contribution in [0, 0.1) is 0 Å². The molecule has 0 unspecified atom stereocenters. The molecule has 0 fully saturated rings. The van der Waals surface area contributed by atoms with Crippen molar-refractivity contribution in [1.82, 2.24) is 14.7 Å². The number of rotatable bonds is 1. The van der Waals surface area contributed by atoms with Gasteiger partial charge in [0, 0.05) is 0 Å². The van der Waals surface area contributed by atoms with Crippen LogP contribution in [-0.2, 0) is 0 Å². The standard InChI is InChI=1S/C4H11N.2C3H9N.2CH4/c1-4-5(2)3;2*1-4(2)3;;/h4H2,1-3H3;2*1-3H3;2*1H4. The Hall–Kier alpha value is -0.120. The normalized spacial score (nSPS) is 8.00. The summed E-state index contributed by atoms with van der Waals surface area (Å²) in [5, 5.41) is 0. The Morgan fingerprint density at radius 3 is 0.667 bits per heavy atom. The highest BCUT2D eigenvalue weighted by Crippen LogP contribution is 1.63. The molecule has 0 saturated heterocycles. The molecule has 3 heteroatoms. The summed E-state index contributed by atoms with van der Waals surface area (Å²) in [5.41, 5.74) is 0. The molecule has 0 radical (unpaired) electrons. The van der Waals surface area contributed by atoms with E-state index in [0.29, 0.717) is 0 Å². The van der Waals surface area contributed by atoms with Crippen molar-refractivity contribution < 1.29 is 0 Å². The second-order valence-corrected chi connectivity index (χ2v) is 4.08. The predicted molar refractivity (Wildman–Crippen MR) is 76.9 cm³/mol. The van der Waals surface area contributed by atoms with E-state index in [1.54, 1.807) is 0 Å². The van der Waals surface area contributed by atoms with Crippen molar-refractivity contribution in [3.63, 3.8) is 0 Å². The number of hydrogen-bond acceptors (Lipinski definition) is 3. The van der Waals surface area contributed by atoms with Crippen molar-refractivity contribution >= 4 is 0 Å². The van der Waals surface area contributed by atoms with E-state index < -0.39 is 0 Å². The van der Waals surface area contributed by atoms with Crippen LogP contribution < -0.4 is 0 Å². The third kappa shape index (κ3) is 554. The van der Waals surface area contributed by atoms with Crippen LogP contribution >= 0.6 is 0 Å². The van der Waals surface area contributed by atoms with Gasteiger partial charge < -0.3 is 14.7 Å². The van der Waals surface area contributed by atoms with Crippen molar-refractivity contribution in [1.29, 1.82) is 0 Å². The molecule has 0 saturated carbocycles. The van der Waals surface area contributed by atoms with E-state index in [2.05, 4.69) is 25.9 Å². The van der Waals surface area contributed by atoms with Gasteiger partial charge in [0.1, 0.15) is 0 Å². The molecule has 0 aliphatic carbocycles. The Morgan fingerprint density at radius 1 is 0.600 bits per heavy atom. The monoisotopic (exact) mass is 223 g/mol. The van der Waals surface area contributed by atoms with Gasteiger partial charge in [0.15, 0.2) is 0 Å². The van der Waals surface area contributed by atoms with Crippen LogP contribution in [0.5, 0.6) is 0 Å². The van der Waals surface area contributed by atoms with Crippen LogP contribution in [0.2, 0.25) is 0 Å². The summed E-state index contributed by atoms with van der Waals surface area (Å²) >= 11 is 0. The maximum atomic E-state index is 2.12. The summed E-state index contributed by atoms with van der Waals surface area (Å²) in [7, 11) is 16.1. The quantitative estimate of drug-likeness (QED) is 0.675. The average Bonchev–Trinajstić information content (AvgIpc) is 1.84. The summed E-state index contributed by atoms with van der Waals surface area (Å²) in [4.78, 5) is 6.12. The first-order valence-corrected chi connectivity index (χ1v) is 4.60. The molecule has 15 heavy (non-hydrogen) atoms. The molecule has 3 nitrogen and oxygen atoms in total. The highest BCUT2D eigenvalue weighted by atomic mass is 15.0. The molecule has 0 aliphatic heterocycles. The molecule has 0 rings (SSSR count). The Balaban J connectivity index is -0.0000000315. The van der Waals surface area contributed by atoms with E-state index in [-0.39, 0.29) is 14.9 Å². The summed E-state index contributed by atoms with van der Waals surface area (Å²) in [6, 6.07) is 0. The second kappa shape index (κ2) is 23.6. The summed E-state index contributed by atoms with van der Waals surface area (Å²) in [5.74, 6) is 0.